The van der Waals surface area contributed by atoms with Gasteiger partial charge in [-0.25, -0.2) is 0 Å². The molecule has 0 aliphatic rings. The van der Waals surface area contributed by atoms with Crippen molar-refractivity contribution >= 4 is 23.0 Å². The van der Waals surface area contributed by atoms with Gasteiger partial charge < -0.3 is 9.53 Å². The SMILES string of the molecule is O=CC[C@H](Cc1cccc2ccccc12)C(=O)OCc1ccccc1. The van der Waals surface area contributed by atoms with Gasteiger partial charge in [0.1, 0.15) is 12.9 Å². The van der Waals surface area contributed by atoms with Gasteiger partial charge in [-0.2, -0.15) is 0 Å². The average Bonchev–Trinajstić information content (AvgIpc) is 2.67. The first kappa shape index (κ1) is 16.9. The quantitative estimate of drug-likeness (QED) is 0.478. The fourth-order valence-electron chi connectivity index (χ4n) is 2.96. The second kappa shape index (κ2) is 8.25. The lowest BCUT2D eigenvalue weighted by Crippen LogP contribution is -2.20. The number of esters is 1. The van der Waals surface area contributed by atoms with Gasteiger partial charge in [-0.3, -0.25) is 4.79 Å². The van der Waals surface area contributed by atoms with E-state index in [2.05, 4.69) is 0 Å². The molecule has 0 amide bonds. The van der Waals surface area contributed by atoms with Crippen LogP contribution in [0.25, 0.3) is 10.8 Å². The van der Waals surface area contributed by atoms with E-state index in [1.54, 1.807) is 0 Å². The molecule has 0 saturated heterocycles. The van der Waals surface area contributed by atoms with Crippen molar-refractivity contribution in [1.29, 1.82) is 0 Å². The summed E-state index contributed by atoms with van der Waals surface area (Å²) in [5.41, 5.74) is 1.99. The van der Waals surface area contributed by atoms with Crippen LogP contribution in [0.5, 0.6) is 0 Å². The third kappa shape index (κ3) is 4.32. The van der Waals surface area contributed by atoms with Crippen LogP contribution in [0.3, 0.4) is 0 Å². The van der Waals surface area contributed by atoms with Crippen molar-refractivity contribution in [2.75, 3.05) is 0 Å². The number of aldehydes is 1. The molecule has 0 radical (unpaired) electrons. The molecule has 0 N–H and O–H groups in total. The molecule has 3 aromatic carbocycles. The molecule has 0 heterocycles. The largest absolute Gasteiger partial charge is 0.461 e. The Morgan fingerprint density at radius 2 is 1.64 bits per heavy atom. The monoisotopic (exact) mass is 332 g/mol. The van der Waals surface area contributed by atoms with E-state index in [9.17, 15) is 9.59 Å². The minimum Gasteiger partial charge on any atom is -0.461 e. The maximum absolute atomic E-state index is 12.5. The highest BCUT2D eigenvalue weighted by molar-refractivity contribution is 5.86. The molecule has 0 fully saturated rings. The Morgan fingerprint density at radius 3 is 2.44 bits per heavy atom. The third-order valence-corrected chi connectivity index (χ3v) is 4.28. The number of fused-ring (bicyclic) bond motifs is 1. The molecule has 3 rings (SSSR count). The maximum atomic E-state index is 12.5. The fourth-order valence-corrected chi connectivity index (χ4v) is 2.96. The van der Waals surface area contributed by atoms with Crippen molar-refractivity contribution in [3.8, 4) is 0 Å². The Bertz CT molecular complexity index is 850. The molecule has 0 bridgehead atoms. The number of ether oxygens (including phenoxy) is 1. The van der Waals surface area contributed by atoms with Gasteiger partial charge in [0.25, 0.3) is 0 Å². The maximum Gasteiger partial charge on any atom is 0.310 e. The van der Waals surface area contributed by atoms with E-state index >= 15 is 0 Å². The van der Waals surface area contributed by atoms with Gasteiger partial charge in [0.2, 0.25) is 0 Å². The highest BCUT2D eigenvalue weighted by atomic mass is 16.5. The van der Waals surface area contributed by atoms with Crippen LogP contribution in [0.2, 0.25) is 0 Å². The molecule has 0 spiro atoms. The van der Waals surface area contributed by atoms with Gasteiger partial charge in [0, 0.05) is 6.42 Å². The lowest BCUT2D eigenvalue weighted by atomic mass is 9.93. The predicted molar refractivity (Wildman–Crippen MR) is 98.1 cm³/mol. The lowest BCUT2D eigenvalue weighted by molar-refractivity contribution is -0.150. The number of carbonyl (C=O) groups excluding carboxylic acids is 2. The van der Waals surface area contributed by atoms with Crippen LogP contribution in [-0.4, -0.2) is 12.3 Å². The van der Waals surface area contributed by atoms with Crippen molar-refractivity contribution in [3.05, 3.63) is 83.9 Å². The highest BCUT2D eigenvalue weighted by Gasteiger charge is 2.21. The molecular formula is C22H20O3. The van der Waals surface area contributed by atoms with Gasteiger partial charge in [0.15, 0.2) is 0 Å². The van der Waals surface area contributed by atoms with Crippen LogP contribution in [0.15, 0.2) is 72.8 Å². The highest BCUT2D eigenvalue weighted by Crippen LogP contribution is 2.23. The normalized spacial score (nSPS) is 11.8. The van der Waals surface area contributed by atoms with E-state index in [1.807, 2.05) is 72.8 Å². The van der Waals surface area contributed by atoms with E-state index in [1.165, 1.54) is 0 Å². The zero-order valence-electron chi connectivity index (χ0n) is 13.9. The minimum absolute atomic E-state index is 0.164. The Hall–Kier alpha value is -2.94. The van der Waals surface area contributed by atoms with E-state index in [-0.39, 0.29) is 19.0 Å². The van der Waals surface area contributed by atoms with Gasteiger partial charge in [-0.15, -0.1) is 0 Å². The second-order valence-electron chi connectivity index (χ2n) is 6.03. The summed E-state index contributed by atoms with van der Waals surface area (Å²) in [6.45, 7) is 0.227. The Balaban J connectivity index is 1.74. The molecule has 3 aromatic rings. The molecule has 0 aliphatic carbocycles. The van der Waals surface area contributed by atoms with Gasteiger partial charge >= 0.3 is 5.97 Å². The standard InChI is InChI=1S/C22H20O3/c23-14-13-20(22(24)25-16-17-7-2-1-3-8-17)15-19-11-6-10-18-9-4-5-12-21(18)19/h1-12,14,20H,13,15-16H2/t20-/m1/s1. The summed E-state index contributed by atoms with van der Waals surface area (Å²) >= 11 is 0. The smallest absolute Gasteiger partial charge is 0.310 e. The first-order valence-corrected chi connectivity index (χ1v) is 8.39. The fraction of sp³-hybridized carbons (Fsp3) is 0.182. The average molecular weight is 332 g/mol. The van der Waals surface area contributed by atoms with Crippen LogP contribution in [-0.2, 0) is 27.4 Å². The summed E-state index contributed by atoms with van der Waals surface area (Å²) in [5, 5.41) is 2.24. The van der Waals surface area contributed by atoms with Crippen molar-refractivity contribution in [3.63, 3.8) is 0 Å². The van der Waals surface area contributed by atoms with Gasteiger partial charge in [0.05, 0.1) is 5.92 Å². The second-order valence-corrected chi connectivity index (χ2v) is 6.03. The molecule has 0 unspecified atom stereocenters. The van der Waals surface area contributed by atoms with E-state index < -0.39 is 5.92 Å². The summed E-state index contributed by atoms with van der Waals surface area (Å²) in [5.74, 6) is -0.795. The molecule has 1 atom stereocenters. The van der Waals surface area contributed by atoms with Gasteiger partial charge in [-0.1, -0.05) is 72.8 Å². The van der Waals surface area contributed by atoms with Crippen LogP contribution in [0, 0.1) is 5.92 Å². The molecule has 0 aromatic heterocycles. The Labute approximate surface area is 147 Å². The van der Waals surface area contributed by atoms with Crippen molar-refractivity contribution < 1.29 is 14.3 Å². The number of benzene rings is 3. The topological polar surface area (TPSA) is 43.4 Å². The summed E-state index contributed by atoms with van der Waals surface area (Å²) in [6.07, 6.45) is 1.45. The molecule has 3 heteroatoms. The number of carbonyl (C=O) groups is 2. The van der Waals surface area contributed by atoms with Crippen LogP contribution < -0.4 is 0 Å². The first-order valence-electron chi connectivity index (χ1n) is 8.39. The lowest BCUT2D eigenvalue weighted by Gasteiger charge is -2.15. The number of hydrogen-bond donors (Lipinski definition) is 0. The zero-order valence-corrected chi connectivity index (χ0v) is 13.9. The first-order chi connectivity index (χ1) is 12.3. The summed E-state index contributed by atoms with van der Waals surface area (Å²) in [4.78, 5) is 23.5. The van der Waals surface area contributed by atoms with Crippen molar-refractivity contribution in [2.45, 2.75) is 19.4 Å². The van der Waals surface area contributed by atoms with E-state index in [4.69, 9.17) is 4.74 Å². The minimum atomic E-state index is -0.466. The zero-order chi connectivity index (χ0) is 17.5. The molecule has 126 valence electrons. The molecule has 3 nitrogen and oxygen atoms in total. The van der Waals surface area contributed by atoms with Crippen LogP contribution in [0.4, 0.5) is 0 Å². The predicted octanol–water partition coefficient (Wildman–Crippen LogP) is 4.33. The summed E-state index contributed by atoms with van der Waals surface area (Å²) in [6, 6.07) is 23.6. The Morgan fingerprint density at radius 1 is 0.920 bits per heavy atom. The number of hydrogen-bond acceptors (Lipinski definition) is 3. The molecule has 0 aliphatic heterocycles. The van der Waals surface area contributed by atoms with Crippen molar-refractivity contribution in [1.82, 2.24) is 0 Å². The molecule has 0 saturated carbocycles. The number of rotatable bonds is 7. The Kier molecular flexibility index (Phi) is 5.57. The summed E-state index contributed by atoms with van der Waals surface area (Å²) < 4.78 is 5.43. The molecular weight excluding hydrogens is 312 g/mol. The summed E-state index contributed by atoms with van der Waals surface area (Å²) in [7, 11) is 0. The third-order valence-electron chi connectivity index (χ3n) is 4.28. The molecule has 25 heavy (non-hydrogen) atoms. The van der Waals surface area contributed by atoms with Gasteiger partial charge in [-0.05, 0) is 28.3 Å². The van der Waals surface area contributed by atoms with E-state index in [0.29, 0.717) is 6.42 Å². The van der Waals surface area contributed by atoms with Crippen LogP contribution in [0.1, 0.15) is 17.5 Å². The van der Waals surface area contributed by atoms with Crippen LogP contribution >= 0.6 is 0 Å². The van der Waals surface area contributed by atoms with E-state index in [0.717, 1.165) is 28.2 Å². The van der Waals surface area contributed by atoms with Crippen molar-refractivity contribution in [2.24, 2.45) is 5.92 Å².